The fourth-order valence-electron chi connectivity index (χ4n) is 2.11. The molecule has 0 saturated carbocycles. The number of rotatable bonds is 3. The molecule has 1 aromatic carbocycles. The summed E-state index contributed by atoms with van der Waals surface area (Å²) >= 11 is 0. The smallest absolute Gasteiger partial charge is 0.233 e. The second-order valence-electron chi connectivity index (χ2n) is 4.54. The van der Waals surface area contributed by atoms with Gasteiger partial charge in [0.05, 0.1) is 5.69 Å². The van der Waals surface area contributed by atoms with Gasteiger partial charge in [-0.25, -0.2) is 9.97 Å². The van der Waals surface area contributed by atoms with Crippen LogP contribution in [0.2, 0.25) is 0 Å². The number of imidazole rings is 1. The van der Waals surface area contributed by atoms with Crippen LogP contribution in [0.3, 0.4) is 0 Å². The fraction of sp³-hybridized carbons (Fsp3) is 0.200. The van der Waals surface area contributed by atoms with Crippen molar-refractivity contribution in [1.82, 2.24) is 14.4 Å². The zero-order valence-corrected chi connectivity index (χ0v) is 10.9. The van der Waals surface area contributed by atoms with E-state index in [1.807, 2.05) is 23.0 Å². The third kappa shape index (κ3) is 2.22. The maximum absolute atomic E-state index is 5.59. The maximum atomic E-state index is 5.59. The minimum atomic E-state index is 0.434. The molecule has 4 heteroatoms. The van der Waals surface area contributed by atoms with Crippen LogP contribution in [-0.4, -0.2) is 14.4 Å². The first-order chi connectivity index (χ1) is 9.30. The lowest BCUT2D eigenvalue weighted by atomic mass is 10.1. The van der Waals surface area contributed by atoms with Crippen molar-refractivity contribution >= 4 is 5.78 Å². The lowest BCUT2D eigenvalue weighted by Gasteiger charge is -2.03. The lowest BCUT2D eigenvalue weighted by Crippen LogP contribution is -1.95. The molecule has 0 aliphatic carbocycles. The molecule has 19 heavy (non-hydrogen) atoms. The first kappa shape index (κ1) is 11.9. The van der Waals surface area contributed by atoms with Crippen molar-refractivity contribution in [3.63, 3.8) is 0 Å². The summed E-state index contributed by atoms with van der Waals surface area (Å²) in [5, 5.41) is 0. The Bertz CT molecular complexity index is 698. The van der Waals surface area contributed by atoms with Gasteiger partial charge < -0.3 is 5.73 Å². The number of fused-ring (bicyclic) bond motifs is 1. The number of hydrogen-bond acceptors (Lipinski definition) is 3. The Morgan fingerprint density at radius 1 is 1.11 bits per heavy atom. The summed E-state index contributed by atoms with van der Waals surface area (Å²) < 4.78 is 1.92. The van der Waals surface area contributed by atoms with E-state index in [9.17, 15) is 0 Å². The fourth-order valence-corrected chi connectivity index (χ4v) is 2.11. The summed E-state index contributed by atoms with van der Waals surface area (Å²) in [6.07, 6.45) is 6.87. The Kier molecular flexibility index (Phi) is 3.01. The molecular formula is C15H16N4. The van der Waals surface area contributed by atoms with Gasteiger partial charge in [-0.15, -0.1) is 0 Å². The predicted molar refractivity (Wildman–Crippen MR) is 75.7 cm³/mol. The number of nitrogens with two attached hydrogens (primary N) is 1. The van der Waals surface area contributed by atoms with Crippen LogP contribution in [0.25, 0.3) is 16.9 Å². The van der Waals surface area contributed by atoms with E-state index in [0.717, 1.165) is 23.2 Å². The van der Waals surface area contributed by atoms with Crippen molar-refractivity contribution in [2.24, 2.45) is 5.73 Å². The van der Waals surface area contributed by atoms with E-state index >= 15 is 0 Å². The van der Waals surface area contributed by atoms with E-state index in [-0.39, 0.29) is 0 Å². The van der Waals surface area contributed by atoms with Crippen LogP contribution in [0, 0.1) is 0 Å². The molecule has 3 aromatic rings. The topological polar surface area (TPSA) is 56.2 Å². The Hall–Kier alpha value is -2.20. The van der Waals surface area contributed by atoms with Crippen molar-refractivity contribution in [2.45, 2.75) is 19.9 Å². The van der Waals surface area contributed by atoms with E-state index in [1.54, 1.807) is 0 Å². The van der Waals surface area contributed by atoms with Gasteiger partial charge in [0.15, 0.2) is 0 Å². The van der Waals surface area contributed by atoms with Crippen LogP contribution >= 0.6 is 0 Å². The van der Waals surface area contributed by atoms with Gasteiger partial charge in [0.1, 0.15) is 0 Å². The molecule has 0 aliphatic rings. The SMILES string of the molecule is CCc1ccc(-c2cnc3nc(CN)cn3c2)cc1. The van der Waals surface area contributed by atoms with Crippen molar-refractivity contribution in [1.29, 1.82) is 0 Å². The molecule has 0 unspecified atom stereocenters. The molecule has 0 aliphatic heterocycles. The number of nitrogens with zero attached hydrogens (tertiary/aromatic N) is 3. The van der Waals surface area contributed by atoms with Gasteiger partial charge in [0, 0.05) is 30.7 Å². The summed E-state index contributed by atoms with van der Waals surface area (Å²) in [6, 6.07) is 8.56. The first-order valence-electron chi connectivity index (χ1n) is 6.43. The highest BCUT2D eigenvalue weighted by atomic mass is 15.1. The highest BCUT2D eigenvalue weighted by Crippen LogP contribution is 2.19. The molecule has 0 bridgehead atoms. The molecule has 0 radical (unpaired) electrons. The molecule has 0 fully saturated rings. The number of aryl methyl sites for hydroxylation is 1. The summed E-state index contributed by atoms with van der Waals surface area (Å²) in [5.74, 6) is 0.689. The number of benzene rings is 1. The van der Waals surface area contributed by atoms with Crippen LogP contribution in [0.5, 0.6) is 0 Å². The second kappa shape index (κ2) is 4.82. The number of hydrogen-bond donors (Lipinski definition) is 1. The monoisotopic (exact) mass is 252 g/mol. The molecule has 2 N–H and O–H groups in total. The molecule has 2 heterocycles. The van der Waals surface area contributed by atoms with E-state index in [0.29, 0.717) is 12.3 Å². The average Bonchev–Trinajstić information content (AvgIpc) is 2.89. The van der Waals surface area contributed by atoms with Gasteiger partial charge in [0.2, 0.25) is 5.78 Å². The molecule has 0 atom stereocenters. The molecular weight excluding hydrogens is 236 g/mol. The predicted octanol–water partition coefficient (Wildman–Crippen LogP) is 2.42. The van der Waals surface area contributed by atoms with E-state index in [2.05, 4.69) is 41.2 Å². The number of aromatic nitrogens is 3. The molecule has 96 valence electrons. The van der Waals surface area contributed by atoms with E-state index in [1.165, 1.54) is 5.56 Å². The summed E-state index contributed by atoms with van der Waals surface area (Å²) in [4.78, 5) is 8.69. The van der Waals surface area contributed by atoms with E-state index in [4.69, 9.17) is 5.73 Å². The molecule has 3 rings (SSSR count). The van der Waals surface area contributed by atoms with Gasteiger partial charge in [-0.3, -0.25) is 4.40 Å². The van der Waals surface area contributed by atoms with Gasteiger partial charge in [-0.1, -0.05) is 31.2 Å². The summed E-state index contributed by atoms with van der Waals surface area (Å²) in [6.45, 7) is 2.59. The highest BCUT2D eigenvalue weighted by Gasteiger charge is 2.04. The molecule has 4 nitrogen and oxygen atoms in total. The quantitative estimate of drug-likeness (QED) is 0.778. The lowest BCUT2D eigenvalue weighted by molar-refractivity contribution is 1.01. The third-order valence-electron chi connectivity index (χ3n) is 3.26. The first-order valence-corrected chi connectivity index (χ1v) is 6.43. The Morgan fingerprint density at radius 3 is 2.58 bits per heavy atom. The molecule has 0 amide bonds. The van der Waals surface area contributed by atoms with Crippen molar-refractivity contribution < 1.29 is 0 Å². The normalized spacial score (nSPS) is 11.1. The third-order valence-corrected chi connectivity index (χ3v) is 3.26. The average molecular weight is 252 g/mol. The van der Waals surface area contributed by atoms with Crippen LogP contribution in [0.15, 0.2) is 42.9 Å². The summed E-state index contributed by atoms with van der Waals surface area (Å²) in [5.41, 5.74) is 10.0. The summed E-state index contributed by atoms with van der Waals surface area (Å²) in [7, 11) is 0. The maximum Gasteiger partial charge on any atom is 0.233 e. The van der Waals surface area contributed by atoms with Gasteiger partial charge in [0.25, 0.3) is 0 Å². The van der Waals surface area contributed by atoms with E-state index < -0.39 is 0 Å². The largest absolute Gasteiger partial charge is 0.325 e. The Labute approximate surface area is 111 Å². The van der Waals surface area contributed by atoms with Crippen molar-refractivity contribution in [3.8, 4) is 11.1 Å². The highest BCUT2D eigenvalue weighted by molar-refractivity contribution is 5.62. The molecule has 0 saturated heterocycles. The van der Waals surface area contributed by atoms with Crippen LogP contribution in [0.4, 0.5) is 0 Å². The molecule has 0 spiro atoms. The van der Waals surface area contributed by atoms with Gasteiger partial charge >= 0.3 is 0 Å². The second-order valence-corrected chi connectivity index (χ2v) is 4.54. The van der Waals surface area contributed by atoms with Crippen LogP contribution < -0.4 is 5.73 Å². The molecule has 2 aromatic heterocycles. The van der Waals surface area contributed by atoms with Gasteiger partial charge in [-0.2, -0.15) is 0 Å². The minimum absolute atomic E-state index is 0.434. The zero-order valence-electron chi connectivity index (χ0n) is 10.9. The standard InChI is InChI=1S/C15H16N4/c1-2-11-3-5-12(6-4-11)13-8-17-15-18-14(7-16)10-19(15)9-13/h3-6,8-10H,2,7,16H2,1H3. The Morgan fingerprint density at radius 2 is 1.89 bits per heavy atom. The van der Waals surface area contributed by atoms with Crippen LogP contribution in [0.1, 0.15) is 18.2 Å². The van der Waals surface area contributed by atoms with Gasteiger partial charge in [-0.05, 0) is 17.5 Å². The minimum Gasteiger partial charge on any atom is -0.325 e. The zero-order chi connectivity index (χ0) is 13.2. The Balaban J connectivity index is 2.03. The van der Waals surface area contributed by atoms with Crippen LogP contribution in [-0.2, 0) is 13.0 Å². The van der Waals surface area contributed by atoms with Crippen molar-refractivity contribution in [2.75, 3.05) is 0 Å². The van der Waals surface area contributed by atoms with Crippen molar-refractivity contribution in [3.05, 3.63) is 54.1 Å².